The number of aromatic nitrogens is 1. The number of carbonyl (C=O) groups is 1. The Morgan fingerprint density at radius 3 is 2.40 bits per heavy atom. The third kappa shape index (κ3) is 5.22. The molecule has 1 aromatic heterocycles. The minimum atomic E-state index is -0.0221. The van der Waals surface area contributed by atoms with Crippen LogP contribution in [0, 0.1) is 13.8 Å². The highest BCUT2D eigenvalue weighted by Crippen LogP contribution is 2.31. The number of benzene rings is 2. The molecule has 1 aliphatic heterocycles. The average Bonchev–Trinajstić information content (AvgIpc) is 3.26. The normalized spacial score (nSPS) is 17.9. The number of likely N-dealkylation sites (tertiary alicyclic amines) is 1. The Hall–Kier alpha value is -1.92. The van der Waals surface area contributed by atoms with E-state index in [2.05, 4.69) is 43.3 Å². The molecule has 0 saturated carbocycles. The summed E-state index contributed by atoms with van der Waals surface area (Å²) in [6.45, 7) is 5.35. The fourth-order valence-corrected chi connectivity index (χ4v) is 4.81. The summed E-state index contributed by atoms with van der Waals surface area (Å²) in [6, 6.07) is 18.6. The van der Waals surface area contributed by atoms with Crippen LogP contribution < -0.4 is 5.73 Å². The molecule has 0 unspecified atom stereocenters. The van der Waals surface area contributed by atoms with Crippen LogP contribution in [0.15, 0.2) is 54.6 Å². The van der Waals surface area contributed by atoms with Crippen LogP contribution in [0.4, 0.5) is 0 Å². The summed E-state index contributed by atoms with van der Waals surface area (Å²) in [5.74, 6) is 0.329. The van der Waals surface area contributed by atoms with Gasteiger partial charge in [0.05, 0.1) is 17.1 Å². The Morgan fingerprint density at radius 1 is 1.07 bits per heavy atom. The van der Waals surface area contributed by atoms with E-state index in [0.29, 0.717) is 19.5 Å². The molecular weight excluding hydrogens is 437 g/mol. The summed E-state index contributed by atoms with van der Waals surface area (Å²) in [6.07, 6.45) is 0.378. The summed E-state index contributed by atoms with van der Waals surface area (Å²) in [7, 11) is 0. The molecule has 2 atom stereocenters. The predicted octanol–water partition coefficient (Wildman–Crippen LogP) is 4.77. The molecule has 2 N–H and O–H groups in total. The molecule has 0 spiro atoms. The molecular formula is C23H27Cl2N3OS. The standard InChI is InChI=1S/C23H25N3OS.2ClH/c1-15-8-10-18(11-9-15)23-21(28-16(2)25-23)12-22(27)26-13-19(20(24)14-26)17-6-4-3-5-7-17;;/h3-11,19-20H,12-14,24H2,1-2H3;2*1H/t19-,20+;;/m0../s1. The van der Waals surface area contributed by atoms with Crippen LogP contribution in [0.25, 0.3) is 11.3 Å². The molecule has 1 fully saturated rings. The number of halogens is 2. The van der Waals surface area contributed by atoms with Crippen LogP contribution in [0.1, 0.15) is 26.9 Å². The van der Waals surface area contributed by atoms with Crippen LogP contribution >= 0.6 is 36.2 Å². The van der Waals surface area contributed by atoms with Crippen molar-refractivity contribution in [3.8, 4) is 11.3 Å². The van der Waals surface area contributed by atoms with Gasteiger partial charge in [-0.3, -0.25) is 4.79 Å². The highest BCUT2D eigenvalue weighted by molar-refractivity contribution is 7.12. The van der Waals surface area contributed by atoms with Crippen molar-refractivity contribution < 1.29 is 4.79 Å². The molecule has 3 aromatic rings. The Kier molecular flexibility index (Phi) is 8.44. The monoisotopic (exact) mass is 463 g/mol. The first-order valence-electron chi connectivity index (χ1n) is 9.63. The first kappa shape index (κ1) is 24.4. The molecule has 1 saturated heterocycles. The minimum Gasteiger partial charge on any atom is -0.340 e. The maximum atomic E-state index is 13.0. The van der Waals surface area contributed by atoms with Gasteiger partial charge in [-0.25, -0.2) is 4.98 Å². The number of aryl methyl sites for hydroxylation is 2. The quantitative estimate of drug-likeness (QED) is 0.606. The maximum Gasteiger partial charge on any atom is 0.227 e. The Labute approximate surface area is 194 Å². The summed E-state index contributed by atoms with van der Waals surface area (Å²) >= 11 is 1.61. The van der Waals surface area contributed by atoms with Crippen LogP contribution in [0.3, 0.4) is 0 Å². The van der Waals surface area contributed by atoms with E-state index in [1.54, 1.807) is 11.3 Å². The number of hydrogen-bond acceptors (Lipinski definition) is 4. The first-order valence-corrected chi connectivity index (χ1v) is 10.4. The van der Waals surface area contributed by atoms with Gasteiger partial charge in [-0.2, -0.15) is 0 Å². The number of hydrogen-bond donors (Lipinski definition) is 1. The molecule has 0 bridgehead atoms. The first-order chi connectivity index (χ1) is 13.5. The lowest BCUT2D eigenvalue weighted by Crippen LogP contribution is -2.33. The van der Waals surface area contributed by atoms with E-state index in [-0.39, 0.29) is 42.7 Å². The fourth-order valence-electron chi connectivity index (χ4n) is 3.86. The molecule has 1 amide bonds. The number of amides is 1. The summed E-state index contributed by atoms with van der Waals surface area (Å²) in [4.78, 5) is 20.7. The zero-order chi connectivity index (χ0) is 19.7. The Morgan fingerprint density at radius 2 is 1.73 bits per heavy atom. The van der Waals surface area contributed by atoms with Crippen molar-refractivity contribution in [1.29, 1.82) is 0 Å². The highest BCUT2D eigenvalue weighted by atomic mass is 35.5. The van der Waals surface area contributed by atoms with Gasteiger partial charge in [0.15, 0.2) is 0 Å². The van der Waals surface area contributed by atoms with Crippen molar-refractivity contribution in [3.05, 3.63) is 75.6 Å². The lowest BCUT2D eigenvalue weighted by Gasteiger charge is -2.16. The zero-order valence-corrected chi connectivity index (χ0v) is 19.5. The molecule has 2 aromatic carbocycles. The van der Waals surface area contributed by atoms with Crippen LogP contribution in [0.5, 0.6) is 0 Å². The summed E-state index contributed by atoms with van der Waals surface area (Å²) in [5.41, 5.74) is 10.8. The smallest absolute Gasteiger partial charge is 0.227 e. The van der Waals surface area contributed by atoms with E-state index < -0.39 is 0 Å². The lowest BCUT2D eigenvalue weighted by atomic mass is 9.95. The van der Waals surface area contributed by atoms with Crippen LogP contribution in [-0.4, -0.2) is 34.9 Å². The van der Waals surface area contributed by atoms with Gasteiger partial charge in [-0.15, -0.1) is 36.2 Å². The van der Waals surface area contributed by atoms with E-state index >= 15 is 0 Å². The molecule has 0 radical (unpaired) electrons. The molecule has 0 aliphatic carbocycles. The Bertz CT molecular complexity index is 976. The molecule has 160 valence electrons. The second kappa shape index (κ2) is 10.4. The largest absolute Gasteiger partial charge is 0.340 e. The maximum absolute atomic E-state index is 13.0. The third-order valence-electron chi connectivity index (χ3n) is 5.39. The SMILES string of the molecule is Cc1ccc(-c2nc(C)sc2CC(=O)N2C[C@@H](N)[C@H](c3ccccc3)C2)cc1.Cl.Cl. The van der Waals surface area contributed by atoms with Gasteiger partial charge in [0, 0.05) is 35.5 Å². The Balaban J connectivity index is 0.00000160. The predicted molar refractivity (Wildman–Crippen MR) is 129 cm³/mol. The zero-order valence-electron chi connectivity index (χ0n) is 17.1. The number of thiazole rings is 1. The summed E-state index contributed by atoms with van der Waals surface area (Å²) < 4.78 is 0. The fraction of sp³-hybridized carbons (Fsp3) is 0.304. The highest BCUT2D eigenvalue weighted by Gasteiger charge is 2.34. The second-order valence-corrected chi connectivity index (χ2v) is 8.81. The lowest BCUT2D eigenvalue weighted by molar-refractivity contribution is -0.129. The van der Waals surface area contributed by atoms with Gasteiger partial charge >= 0.3 is 0 Å². The minimum absolute atomic E-state index is 0. The van der Waals surface area contributed by atoms with E-state index in [1.165, 1.54) is 11.1 Å². The van der Waals surface area contributed by atoms with Gasteiger partial charge in [0.25, 0.3) is 0 Å². The van der Waals surface area contributed by atoms with Gasteiger partial charge in [-0.05, 0) is 19.4 Å². The molecule has 4 nitrogen and oxygen atoms in total. The summed E-state index contributed by atoms with van der Waals surface area (Å²) in [5, 5.41) is 0.985. The van der Waals surface area contributed by atoms with Crippen LogP contribution in [0.2, 0.25) is 0 Å². The topological polar surface area (TPSA) is 59.2 Å². The van der Waals surface area contributed by atoms with Gasteiger partial charge in [0.2, 0.25) is 5.91 Å². The van der Waals surface area contributed by atoms with Crippen molar-refractivity contribution in [1.82, 2.24) is 9.88 Å². The number of nitrogens with zero attached hydrogens (tertiary/aromatic N) is 2. The van der Waals surface area contributed by atoms with Crippen molar-refractivity contribution in [3.63, 3.8) is 0 Å². The van der Waals surface area contributed by atoms with Gasteiger partial charge in [0.1, 0.15) is 0 Å². The second-order valence-electron chi connectivity index (χ2n) is 7.53. The van der Waals surface area contributed by atoms with Gasteiger partial charge in [-0.1, -0.05) is 60.2 Å². The average molecular weight is 464 g/mol. The van der Waals surface area contributed by atoms with Crippen molar-refractivity contribution in [2.24, 2.45) is 5.73 Å². The van der Waals surface area contributed by atoms with E-state index in [0.717, 1.165) is 21.1 Å². The van der Waals surface area contributed by atoms with E-state index in [9.17, 15) is 4.79 Å². The van der Waals surface area contributed by atoms with Crippen molar-refractivity contribution in [2.45, 2.75) is 32.2 Å². The number of nitrogens with two attached hydrogens (primary N) is 1. The van der Waals surface area contributed by atoms with Crippen LogP contribution in [-0.2, 0) is 11.2 Å². The molecule has 4 rings (SSSR count). The number of carbonyl (C=O) groups excluding carboxylic acids is 1. The van der Waals surface area contributed by atoms with E-state index in [4.69, 9.17) is 10.7 Å². The third-order valence-corrected chi connectivity index (χ3v) is 6.36. The molecule has 7 heteroatoms. The number of rotatable bonds is 4. The van der Waals surface area contributed by atoms with E-state index in [1.807, 2.05) is 30.0 Å². The van der Waals surface area contributed by atoms with Crippen molar-refractivity contribution in [2.75, 3.05) is 13.1 Å². The molecule has 30 heavy (non-hydrogen) atoms. The molecule has 1 aliphatic rings. The van der Waals surface area contributed by atoms with Crippen molar-refractivity contribution >= 4 is 42.1 Å². The van der Waals surface area contributed by atoms with Gasteiger partial charge < -0.3 is 10.6 Å². The molecule has 2 heterocycles.